The smallest absolute Gasteiger partial charge is 0.411 e. The summed E-state index contributed by atoms with van der Waals surface area (Å²) in [5, 5.41) is 13.7. The van der Waals surface area contributed by atoms with E-state index in [2.05, 4.69) is 94.5 Å². The van der Waals surface area contributed by atoms with Crippen LogP contribution in [0.5, 0.6) is 0 Å². The number of nitrogen functional groups attached to an aromatic ring is 1. The number of hydrogen-bond donors (Lipinski definition) is 2. The zero-order chi connectivity index (χ0) is 39.0. The normalized spacial score (nSPS) is 19.3. The van der Waals surface area contributed by atoms with Gasteiger partial charge >= 0.3 is 12.1 Å². The third kappa shape index (κ3) is 9.18. The SMILES string of the molecule is CC(C)(C)[Si](C)(C)OC(Cc1ccc(C#CCNC(=O)C(F)(F)F)cc1[N+](=O)[O-])[C@H]1O[C@@H](n2cnc3c(N)ncnc32)C[C@@H]1O[Si](C)(C)C(C)(C)C. The molecular formula is C34H48F3N7O6Si2. The number of amides is 1. The maximum atomic E-state index is 12.5. The van der Waals surface area contributed by atoms with Crippen molar-refractivity contribution in [2.75, 3.05) is 12.3 Å². The Morgan fingerprint density at radius 1 is 1.12 bits per heavy atom. The molecule has 2 aromatic heterocycles. The van der Waals surface area contributed by atoms with Crippen LogP contribution < -0.4 is 11.1 Å². The molecule has 0 saturated carbocycles. The Morgan fingerprint density at radius 2 is 1.77 bits per heavy atom. The molecule has 1 aliphatic heterocycles. The molecule has 1 aliphatic rings. The molecule has 4 atom stereocenters. The van der Waals surface area contributed by atoms with Gasteiger partial charge in [0.05, 0.1) is 30.0 Å². The Morgan fingerprint density at radius 3 is 2.37 bits per heavy atom. The number of alkyl halides is 3. The van der Waals surface area contributed by atoms with Crippen LogP contribution in [0.3, 0.4) is 0 Å². The van der Waals surface area contributed by atoms with Crippen molar-refractivity contribution in [3.63, 3.8) is 0 Å². The molecule has 0 aliphatic carbocycles. The maximum absolute atomic E-state index is 12.5. The van der Waals surface area contributed by atoms with Gasteiger partial charge in [0.1, 0.15) is 24.2 Å². The predicted molar refractivity (Wildman–Crippen MR) is 195 cm³/mol. The predicted octanol–water partition coefficient (Wildman–Crippen LogP) is 6.66. The number of nitrogens with one attached hydrogen (secondary N) is 1. The van der Waals surface area contributed by atoms with Crippen LogP contribution in [0.25, 0.3) is 11.2 Å². The zero-order valence-electron chi connectivity index (χ0n) is 31.2. The van der Waals surface area contributed by atoms with E-state index in [-0.39, 0.29) is 33.6 Å². The van der Waals surface area contributed by atoms with Crippen LogP contribution in [0.15, 0.2) is 30.9 Å². The Hall–Kier alpha value is -3.90. The Balaban J connectivity index is 1.76. The van der Waals surface area contributed by atoms with E-state index >= 15 is 0 Å². The first-order valence-electron chi connectivity index (χ1n) is 16.9. The van der Waals surface area contributed by atoms with E-state index < -0.39 is 64.7 Å². The third-order valence-electron chi connectivity index (χ3n) is 10.2. The molecule has 13 nitrogen and oxygen atoms in total. The Labute approximate surface area is 303 Å². The summed E-state index contributed by atoms with van der Waals surface area (Å²) < 4.78 is 60.4. The molecule has 3 aromatic rings. The number of ether oxygens (including phenoxy) is 1. The maximum Gasteiger partial charge on any atom is 0.471 e. The Kier molecular flexibility index (Phi) is 11.7. The van der Waals surface area contributed by atoms with Crippen molar-refractivity contribution in [3.05, 3.63) is 52.1 Å². The fraction of sp³-hybridized carbons (Fsp3) is 0.588. The van der Waals surface area contributed by atoms with Crippen molar-refractivity contribution >= 4 is 45.2 Å². The van der Waals surface area contributed by atoms with Crippen molar-refractivity contribution < 1.29 is 36.5 Å². The number of nitro benzene ring substituents is 1. The van der Waals surface area contributed by atoms with Crippen LogP contribution in [0.1, 0.15) is 65.3 Å². The van der Waals surface area contributed by atoms with E-state index in [1.54, 1.807) is 28.3 Å². The van der Waals surface area contributed by atoms with Gasteiger partial charge in [-0.05, 0) is 42.3 Å². The van der Waals surface area contributed by atoms with E-state index in [1.807, 2.05) is 0 Å². The van der Waals surface area contributed by atoms with Crippen LogP contribution >= 0.6 is 0 Å². The second-order valence-electron chi connectivity index (χ2n) is 16.0. The molecule has 0 radical (unpaired) electrons. The van der Waals surface area contributed by atoms with Crippen molar-refractivity contribution in [2.45, 2.75) is 121 Å². The summed E-state index contributed by atoms with van der Waals surface area (Å²) in [4.78, 5) is 35.9. The molecule has 3 heterocycles. The molecule has 1 saturated heterocycles. The molecule has 1 amide bonds. The number of nitro groups is 1. The molecule has 1 aromatic carbocycles. The lowest BCUT2D eigenvalue weighted by molar-refractivity contribution is -0.385. The van der Waals surface area contributed by atoms with Gasteiger partial charge in [-0.3, -0.25) is 19.5 Å². The largest absolute Gasteiger partial charge is 0.471 e. The van der Waals surface area contributed by atoms with Gasteiger partial charge in [0.2, 0.25) is 0 Å². The van der Waals surface area contributed by atoms with Crippen LogP contribution in [-0.2, 0) is 24.8 Å². The van der Waals surface area contributed by atoms with Gasteiger partial charge in [0.25, 0.3) is 5.69 Å². The standard InChI is InChI=1S/C34H48F3N7O6Si2/c1-32(2,3)51(7,8)49-24(17-22-14-13-21(16-23(22)44(46)47)12-11-15-39-31(45)34(35,36)37)28-25(50-52(9,10)33(4,5)6)18-26(48-28)43-20-42-27-29(38)40-19-41-30(27)43/h13-14,16,19-20,24-26,28H,15,17-18H2,1-10H3,(H,39,45)(H2,38,40,41)/t24?,25-,26+,28+/m0/s1. The van der Waals surface area contributed by atoms with Gasteiger partial charge in [-0.1, -0.05) is 59.4 Å². The van der Waals surface area contributed by atoms with Gasteiger partial charge in [-0.25, -0.2) is 15.0 Å². The number of fused-ring (bicyclic) bond motifs is 1. The van der Waals surface area contributed by atoms with Crippen LogP contribution in [0.2, 0.25) is 36.3 Å². The van der Waals surface area contributed by atoms with E-state index in [0.29, 0.717) is 23.1 Å². The number of halogens is 3. The van der Waals surface area contributed by atoms with E-state index in [4.69, 9.17) is 19.3 Å². The van der Waals surface area contributed by atoms with Gasteiger partial charge in [-0.2, -0.15) is 13.2 Å². The van der Waals surface area contributed by atoms with Gasteiger partial charge < -0.3 is 24.6 Å². The topological polar surface area (TPSA) is 170 Å². The van der Waals surface area contributed by atoms with E-state index in [9.17, 15) is 28.1 Å². The number of anilines is 1. The van der Waals surface area contributed by atoms with E-state index in [0.717, 1.165) is 0 Å². The minimum atomic E-state index is -5.04. The highest BCUT2D eigenvalue weighted by Gasteiger charge is 2.50. The lowest BCUT2D eigenvalue weighted by atomic mass is 9.98. The molecule has 4 rings (SSSR count). The lowest BCUT2D eigenvalue weighted by Crippen LogP contribution is -2.52. The molecule has 18 heteroatoms. The minimum Gasteiger partial charge on any atom is -0.411 e. The average molecular weight is 764 g/mol. The molecule has 1 fully saturated rings. The number of carbonyl (C=O) groups is 1. The molecule has 52 heavy (non-hydrogen) atoms. The monoisotopic (exact) mass is 763 g/mol. The second kappa shape index (κ2) is 14.9. The summed E-state index contributed by atoms with van der Waals surface area (Å²) in [6.45, 7) is 20.7. The first-order valence-corrected chi connectivity index (χ1v) is 22.7. The molecular weight excluding hydrogens is 716 g/mol. The minimum absolute atomic E-state index is 0.0900. The van der Waals surface area contributed by atoms with Crippen LogP contribution in [0.4, 0.5) is 24.7 Å². The first kappa shape index (κ1) is 40.9. The third-order valence-corrected chi connectivity index (χ3v) is 19.2. The highest BCUT2D eigenvalue weighted by Crippen LogP contribution is 2.45. The summed E-state index contributed by atoms with van der Waals surface area (Å²) in [6, 6.07) is 4.38. The number of aromatic nitrogens is 4. The number of hydrogen-bond acceptors (Lipinski definition) is 10. The fourth-order valence-electron chi connectivity index (χ4n) is 5.27. The number of carbonyl (C=O) groups excluding carboxylic acids is 1. The van der Waals surface area contributed by atoms with Crippen LogP contribution in [-0.4, -0.2) is 78.0 Å². The highest BCUT2D eigenvalue weighted by molar-refractivity contribution is 6.74. The molecule has 0 bridgehead atoms. The van der Waals surface area contributed by atoms with Gasteiger partial charge in [0, 0.05) is 30.0 Å². The fourth-order valence-corrected chi connectivity index (χ4v) is 7.94. The Bertz CT molecular complexity index is 1860. The number of benzene rings is 1. The van der Waals surface area contributed by atoms with Crippen molar-refractivity contribution in [2.24, 2.45) is 0 Å². The van der Waals surface area contributed by atoms with Crippen molar-refractivity contribution in [1.82, 2.24) is 24.8 Å². The molecule has 1 unspecified atom stereocenters. The summed E-state index contributed by atoms with van der Waals surface area (Å²) in [7, 11) is -4.94. The summed E-state index contributed by atoms with van der Waals surface area (Å²) in [6.07, 6.45) is -3.96. The zero-order valence-corrected chi connectivity index (χ0v) is 33.2. The average Bonchev–Trinajstić information content (AvgIpc) is 3.62. The summed E-state index contributed by atoms with van der Waals surface area (Å²) >= 11 is 0. The number of imidazole rings is 1. The van der Waals surface area contributed by atoms with Crippen molar-refractivity contribution in [1.29, 1.82) is 0 Å². The molecule has 0 spiro atoms. The highest BCUT2D eigenvalue weighted by atomic mass is 28.4. The molecule has 3 N–H and O–H groups in total. The van der Waals surface area contributed by atoms with E-state index in [1.165, 1.54) is 12.4 Å². The van der Waals surface area contributed by atoms with Crippen LogP contribution in [0, 0.1) is 22.0 Å². The summed E-state index contributed by atoms with van der Waals surface area (Å²) in [5.74, 6) is 3.13. The quantitative estimate of drug-likeness (QED) is 0.0986. The summed E-state index contributed by atoms with van der Waals surface area (Å²) in [5.41, 5.74) is 7.34. The number of nitrogens with zero attached hydrogens (tertiary/aromatic N) is 5. The number of nitrogens with two attached hydrogens (primary N) is 1. The first-order chi connectivity index (χ1) is 23.8. The molecule has 284 valence electrons. The second-order valence-corrected chi connectivity index (χ2v) is 25.5. The number of rotatable bonds is 10. The lowest BCUT2D eigenvalue weighted by Gasteiger charge is -2.43. The van der Waals surface area contributed by atoms with Crippen molar-refractivity contribution in [3.8, 4) is 11.8 Å². The van der Waals surface area contributed by atoms with Gasteiger partial charge in [0.15, 0.2) is 28.1 Å². The van der Waals surface area contributed by atoms with Gasteiger partial charge in [-0.15, -0.1) is 0 Å².